The molecule has 2 fully saturated rings. The number of amides is 1. The summed E-state index contributed by atoms with van der Waals surface area (Å²) >= 11 is 0. The molecule has 7 rings (SSSR count). The van der Waals surface area contributed by atoms with Crippen molar-refractivity contribution in [3.05, 3.63) is 94.0 Å². The number of likely N-dealkylation sites (tertiary alicyclic amines) is 1. The van der Waals surface area contributed by atoms with Crippen LogP contribution in [-0.4, -0.2) is 69.8 Å². The van der Waals surface area contributed by atoms with Gasteiger partial charge in [0.25, 0.3) is 5.91 Å². The summed E-state index contributed by atoms with van der Waals surface area (Å²) < 4.78 is 6.71. The van der Waals surface area contributed by atoms with E-state index in [1.165, 1.54) is 11.1 Å². The molecule has 3 aromatic rings. The normalized spacial score (nSPS) is 30.1. The molecule has 0 unspecified atom stereocenters. The van der Waals surface area contributed by atoms with Gasteiger partial charge in [-0.3, -0.25) is 9.69 Å². The Morgan fingerprint density at radius 1 is 1.12 bits per heavy atom. The summed E-state index contributed by atoms with van der Waals surface area (Å²) in [6.07, 6.45) is 2.38. The maximum Gasteiger partial charge on any atom is 0.298 e. The zero-order valence-electron chi connectivity index (χ0n) is 25.4. The Morgan fingerprint density at radius 3 is 2.67 bits per heavy atom. The van der Waals surface area contributed by atoms with Crippen LogP contribution in [-0.2, 0) is 23.1 Å². The fourth-order valence-corrected chi connectivity index (χ4v) is 8.82. The predicted molar refractivity (Wildman–Crippen MR) is 166 cm³/mol. The third-order valence-corrected chi connectivity index (χ3v) is 11.0. The van der Waals surface area contributed by atoms with Crippen molar-refractivity contribution in [2.75, 3.05) is 20.1 Å². The quantitative estimate of drug-likeness (QED) is 0.447. The Labute approximate surface area is 254 Å². The van der Waals surface area contributed by atoms with Gasteiger partial charge in [-0.25, -0.2) is 0 Å². The van der Waals surface area contributed by atoms with Crippen LogP contribution >= 0.6 is 0 Å². The Hall–Kier alpha value is -3.79. The van der Waals surface area contributed by atoms with Crippen molar-refractivity contribution < 1.29 is 19.7 Å². The van der Waals surface area contributed by atoms with E-state index in [-0.39, 0.29) is 29.7 Å². The molecule has 1 saturated carbocycles. The molecule has 1 amide bonds. The van der Waals surface area contributed by atoms with E-state index in [1.807, 2.05) is 44.3 Å². The number of nitrogens with zero attached hydrogens (tertiary/aromatic N) is 2. The van der Waals surface area contributed by atoms with Crippen molar-refractivity contribution in [1.82, 2.24) is 9.80 Å². The number of piperidine rings is 1. The van der Waals surface area contributed by atoms with Crippen molar-refractivity contribution in [2.45, 2.75) is 75.7 Å². The molecule has 0 radical (unpaired) electrons. The minimum absolute atomic E-state index is 0.0462. The summed E-state index contributed by atoms with van der Waals surface area (Å²) in [5, 5.41) is 23.9. The first-order chi connectivity index (χ1) is 20.6. The van der Waals surface area contributed by atoms with Gasteiger partial charge < -0.3 is 19.8 Å². The summed E-state index contributed by atoms with van der Waals surface area (Å²) in [5.74, 6) is 6.21. The zero-order chi connectivity index (χ0) is 30.1. The number of ether oxygens (including phenoxy) is 1. The van der Waals surface area contributed by atoms with Crippen molar-refractivity contribution in [1.29, 1.82) is 0 Å². The topological polar surface area (TPSA) is 73.2 Å². The van der Waals surface area contributed by atoms with Crippen LogP contribution < -0.4 is 4.74 Å². The molecule has 1 spiro atoms. The Bertz CT molecular complexity index is 1660. The van der Waals surface area contributed by atoms with Gasteiger partial charge in [0.2, 0.25) is 0 Å². The lowest BCUT2D eigenvalue weighted by Gasteiger charge is -2.66. The maximum atomic E-state index is 13.6. The number of aliphatic hydroxyl groups is 1. The SMILES string of the molecule is Cc1ccc(C#CC(=O)N(C)[C@@H]2[C@H](C)C[C@@]3(O)[C@H]4Cc5ccc(O)c6c5[C@@]3(CCN4CCc3ccccc3)[C@H]2O6)cc1C. The lowest BCUT2D eigenvalue weighted by molar-refractivity contribution is -0.211. The zero-order valence-corrected chi connectivity index (χ0v) is 25.4. The maximum absolute atomic E-state index is 13.6. The molecule has 2 heterocycles. The summed E-state index contributed by atoms with van der Waals surface area (Å²) in [4.78, 5) is 17.8. The minimum atomic E-state index is -1.05. The lowest BCUT2D eigenvalue weighted by Crippen LogP contribution is -2.79. The molecule has 43 heavy (non-hydrogen) atoms. The van der Waals surface area contributed by atoms with Crippen LogP contribution in [0.4, 0.5) is 0 Å². The van der Waals surface area contributed by atoms with E-state index in [0.717, 1.165) is 41.8 Å². The number of likely N-dealkylation sites (N-methyl/N-ethyl adjacent to an activating group) is 1. The van der Waals surface area contributed by atoms with Crippen LogP contribution in [0.5, 0.6) is 11.5 Å². The molecule has 2 bridgehead atoms. The number of carbonyl (C=O) groups is 1. The molecule has 4 aliphatic rings. The van der Waals surface area contributed by atoms with E-state index < -0.39 is 17.1 Å². The fraction of sp³-hybridized carbons (Fsp3) is 0.432. The van der Waals surface area contributed by atoms with E-state index in [9.17, 15) is 15.0 Å². The predicted octanol–water partition coefficient (Wildman–Crippen LogP) is 4.53. The molecule has 222 valence electrons. The van der Waals surface area contributed by atoms with Crippen molar-refractivity contribution >= 4 is 5.91 Å². The number of hydrogen-bond acceptors (Lipinski definition) is 5. The van der Waals surface area contributed by atoms with Crippen LogP contribution in [0.15, 0.2) is 60.7 Å². The highest BCUT2D eigenvalue weighted by Gasteiger charge is 2.74. The molecule has 2 aliphatic heterocycles. The smallest absolute Gasteiger partial charge is 0.298 e. The fourth-order valence-electron chi connectivity index (χ4n) is 8.82. The first-order valence-corrected chi connectivity index (χ1v) is 15.5. The second-order valence-electron chi connectivity index (χ2n) is 13.3. The molecule has 6 atom stereocenters. The van der Waals surface area contributed by atoms with Crippen LogP contribution in [0.3, 0.4) is 0 Å². The number of phenolic OH excluding ortho intramolecular Hbond substituents is 1. The van der Waals surface area contributed by atoms with Gasteiger partial charge in [0.05, 0.1) is 17.1 Å². The Morgan fingerprint density at radius 2 is 1.91 bits per heavy atom. The van der Waals surface area contributed by atoms with Crippen molar-refractivity contribution in [3.63, 3.8) is 0 Å². The second kappa shape index (κ2) is 10.1. The highest BCUT2D eigenvalue weighted by atomic mass is 16.5. The largest absolute Gasteiger partial charge is 0.504 e. The molecule has 1 saturated heterocycles. The monoisotopic (exact) mass is 576 g/mol. The molecule has 2 aliphatic carbocycles. The molecular weight excluding hydrogens is 536 g/mol. The summed E-state index contributed by atoms with van der Waals surface area (Å²) in [6.45, 7) is 7.90. The molecule has 2 N–H and O–H groups in total. The van der Waals surface area contributed by atoms with E-state index in [4.69, 9.17) is 4.74 Å². The molecule has 6 heteroatoms. The molecule has 0 aromatic heterocycles. The standard InChI is InChI=1S/C37H40N2O4/c1-23-10-11-27(20-24(23)2)12-15-31(41)38(4)33-25(3)22-37(42)30-21-28-13-14-29(40)34-32(28)36(37,35(33)43-34)17-19-39(30)18-16-26-8-6-5-7-9-26/h5-11,13-14,20,25,30,33,35,40,42H,16-19,21-22H2,1-4H3/t25-,30-,33-,35+,36+,37-/m1/s1. The van der Waals surface area contributed by atoms with E-state index >= 15 is 0 Å². The van der Waals surface area contributed by atoms with Gasteiger partial charge >= 0.3 is 0 Å². The van der Waals surface area contributed by atoms with Gasteiger partial charge in [-0.2, -0.15) is 0 Å². The third kappa shape index (κ3) is 4.12. The number of aromatic hydroxyl groups is 1. The van der Waals surface area contributed by atoms with Gasteiger partial charge in [0.15, 0.2) is 11.5 Å². The van der Waals surface area contributed by atoms with Gasteiger partial charge in [0, 0.05) is 36.7 Å². The molecule has 3 aromatic carbocycles. The minimum Gasteiger partial charge on any atom is -0.504 e. The Kier molecular flexibility index (Phi) is 6.61. The first kappa shape index (κ1) is 28.0. The van der Waals surface area contributed by atoms with Crippen LogP contribution in [0.2, 0.25) is 0 Å². The van der Waals surface area contributed by atoms with E-state index in [0.29, 0.717) is 25.0 Å². The summed E-state index contributed by atoms with van der Waals surface area (Å²) in [6, 6.07) is 19.8. The average Bonchev–Trinajstić information content (AvgIpc) is 3.34. The highest BCUT2D eigenvalue weighted by molar-refractivity contribution is 5.94. The number of phenols is 1. The number of benzene rings is 3. The first-order valence-electron chi connectivity index (χ1n) is 15.5. The van der Waals surface area contributed by atoms with E-state index in [1.54, 1.807) is 11.0 Å². The Balaban J connectivity index is 1.24. The third-order valence-electron chi connectivity index (χ3n) is 11.0. The van der Waals surface area contributed by atoms with Crippen molar-refractivity contribution in [3.8, 4) is 23.3 Å². The number of carbonyl (C=O) groups excluding carboxylic acids is 1. The summed E-state index contributed by atoms with van der Waals surface area (Å²) in [7, 11) is 1.81. The number of hydrogen-bond donors (Lipinski definition) is 2. The lowest BCUT2D eigenvalue weighted by atomic mass is 9.46. The van der Waals surface area contributed by atoms with Gasteiger partial charge in [-0.05, 0) is 92.4 Å². The van der Waals surface area contributed by atoms with Crippen LogP contribution in [0.1, 0.15) is 53.1 Å². The number of aryl methyl sites for hydroxylation is 2. The highest BCUT2D eigenvalue weighted by Crippen LogP contribution is 2.66. The van der Waals surface area contributed by atoms with Gasteiger partial charge in [0.1, 0.15) is 6.10 Å². The van der Waals surface area contributed by atoms with E-state index in [2.05, 4.69) is 54.9 Å². The van der Waals surface area contributed by atoms with Crippen LogP contribution in [0.25, 0.3) is 0 Å². The van der Waals surface area contributed by atoms with Gasteiger partial charge in [-0.1, -0.05) is 55.3 Å². The molecular formula is C37H40N2O4. The molecule has 6 nitrogen and oxygen atoms in total. The van der Waals surface area contributed by atoms with Crippen molar-refractivity contribution in [2.24, 2.45) is 5.92 Å². The number of rotatable bonds is 4. The van der Waals surface area contributed by atoms with Crippen LogP contribution in [0, 0.1) is 31.6 Å². The summed E-state index contributed by atoms with van der Waals surface area (Å²) in [5.41, 5.74) is 4.75. The second-order valence-corrected chi connectivity index (χ2v) is 13.3. The average molecular weight is 577 g/mol. The van der Waals surface area contributed by atoms with Gasteiger partial charge in [-0.15, -0.1) is 0 Å².